The summed E-state index contributed by atoms with van der Waals surface area (Å²) >= 11 is 0. The Balaban J connectivity index is 2.20. The Morgan fingerprint density at radius 2 is 1.60 bits per heavy atom. The van der Waals surface area contributed by atoms with Gasteiger partial charge in [0.2, 0.25) is 5.91 Å². The number of carbonyl (C=O) groups excluding carboxylic acids is 2. The molecule has 0 spiro atoms. The lowest BCUT2D eigenvalue weighted by Gasteiger charge is -2.29. The van der Waals surface area contributed by atoms with Gasteiger partial charge in [-0.3, -0.25) is 9.59 Å². The average Bonchev–Trinajstić information content (AvgIpc) is 2.67. The molecular formula is C25H34N2O3. The van der Waals surface area contributed by atoms with E-state index >= 15 is 0 Å². The Morgan fingerprint density at radius 1 is 0.967 bits per heavy atom. The fourth-order valence-corrected chi connectivity index (χ4v) is 3.25. The van der Waals surface area contributed by atoms with E-state index in [0.717, 1.165) is 27.8 Å². The highest BCUT2D eigenvalue weighted by molar-refractivity contribution is 5.88. The first-order valence-electron chi connectivity index (χ1n) is 10.4. The third-order valence-electron chi connectivity index (χ3n) is 5.19. The summed E-state index contributed by atoms with van der Waals surface area (Å²) in [6.45, 7) is 13.8. The predicted molar refractivity (Wildman–Crippen MR) is 121 cm³/mol. The second kappa shape index (κ2) is 10.3. The Morgan fingerprint density at radius 3 is 2.20 bits per heavy atom. The molecule has 1 N–H and O–H groups in total. The number of nitrogens with zero attached hydrogens (tertiary/aromatic N) is 1. The fraction of sp³-hybridized carbons (Fsp3) is 0.440. The van der Waals surface area contributed by atoms with Gasteiger partial charge in [0.15, 0.2) is 6.61 Å². The molecule has 162 valence electrons. The zero-order valence-corrected chi connectivity index (χ0v) is 19.2. The first-order valence-corrected chi connectivity index (χ1v) is 10.4. The third kappa shape index (κ3) is 6.34. The van der Waals surface area contributed by atoms with Crippen LogP contribution in [0.2, 0.25) is 0 Å². The molecule has 5 heteroatoms. The van der Waals surface area contributed by atoms with Gasteiger partial charge in [-0.25, -0.2) is 0 Å². The smallest absolute Gasteiger partial charge is 0.261 e. The van der Waals surface area contributed by atoms with E-state index < -0.39 is 6.04 Å². The van der Waals surface area contributed by atoms with Crippen LogP contribution in [0.25, 0.3) is 0 Å². The lowest BCUT2D eigenvalue weighted by Crippen LogP contribution is -2.50. The lowest BCUT2D eigenvalue weighted by atomic mass is 10.1. The van der Waals surface area contributed by atoms with Crippen molar-refractivity contribution in [3.8, 4) is 5.75 Å². The van der Waals surface area contributed by atoms with Gasteiger partial charge in [-0.2, -0.15) is 0 Å². The number of nitrogens with one attached hydrogen (secondary N) is 1. The van der Waals surface area contributed by atoms with Crippen molar-refractivity contribution in [2.75, 3.05) is 6.61 Å². The highest BCUT2D eigenvalue weighted by atomic mass is 16.5. The van der Waals surface area contributed by atoms with Gasteiger partial charge >= 0.3 is 0 Å². The average molecular weight is 411 g/mol. The number of carbonyl (C=O) groups is 2. The van der Waals surface area contributed by atoms with Gasteiger partial charge in [0.05, 0.1) is 0 Å². The first-order chi connectivity index (χ1) is 14.1. The van der Waals surface area contributed by atoms with Crippen LogP contribution in [0, 0.1) is 27.7 Å². The number of ether oxygens (including phenoxy) is 1. The molecular weight excluding hydrogens is 376 g/mol. The largest absolute Gasteiger partial charge is 0.483 e. The van der Waals surface area contributed by atoms with Crippen LogP contribution in [-0.4, -0.2) is 35.4 Å². The van der Waals surface area contributed by atoms with Crippen molar-refractivity contribution in [1.29, 1.82) is 0 Å². The number of rotatable bonds is 8. The van der Waals surface area contributed by atoms with Crippen LogP contribution in [0.1, 0.15) is 48.6 Å². The molecule has 2 amide bonds. The normalized spacial score (nSPS) is 11.9. The van der Waals surface area contributed by atoms with Gasteiger partial charge in [0, 0.05) is 12.6 Å². The van der Waals surface area contributed by atoms with Crippen molar-refractivity contribution in [3.05, 3.63) is 64.2 Å². The van der Waals surface area contributed by atoms with Gasteiger partial charge in [0.1, 0.15) is 11.8 Å². The second-order valence-corrected chi connectivity index (χ2v) is 8.34. The van der Waals surface area contributed by atoms with Gasteiger partial charge in [-0.15, -0.1) is 0 Å². The molecule has 0 bridgehead atoms. The van der Waals surface area contributed by atoms with Gasteiger partial charge in [-0.1, -0.05) is 35.9 Å². The van der Waals surface area contributed by atoms with Crippen molar-refractivity contribution < 1.29 is 14.3 Å². The van der Waals surface area contributed by atoms with Crippen LogP contribution in [0.5, 0.6) is 5.75 Å². The molecule has 5 nitrogen and oxygen atoms in total. The summed E-state index contributed by atoms with van der Waals surface area (Å²) in [5, 5.41) is 2.90. The molecule has 0 radical (unpaired) electrons. The summed E-state index contributed by atoms with van der Waals surface area (Å²) in [5.74, 6) is 0.309. The predicted octanol–water partition coefficient (Wildman–Crippen LogP) is 4.24. The van der Waals surface area contributed by atoms with E-state index in [0.29, 0.717) is 12.3 Å². The maximum atomic E-state index is 13.1. The molecule has 0 saturated heterocycles. The highest BCUT2D eigenvalue weighted by Gasteiger charge is 2.27. The minimum absolute atomic E-state index is 0.00504. The van der Waals surface area contributed by atoms with E-state index in [1.54, 1.807) is 11.8 Å². The Kier molecular flexibility index (Phi) is 8.04. The van der Waals surface area contributed by atoms with Crippen LogP contribution in [0.4, 0.5) is 0 Å². The van der Waals surface area contributed by atoms with E-state index in [-0.39, 0.29) is 24.5 Å². The van der Waals surface area contributed by atoms with Crippen LogP contribution < -0.4 is 10.1 Å². The van der Waals surface area contributed by atoms with Crippen molar-refractivity contribution >= 4 is 11.8 Å². The SMILES string of the molecule is Cc1ccc(CN(C(=O)COc2cc(C)cc(C)c2C)[C@H](C)C(=O)NC(C)C)cc1. The Labute approximate surface area is 180 Å². The summed E-state index contributed by atoms with van der Waals surface area (Å²) in [5.41, 5.74) is 5.35. The molecule has 0 aromatic heterocycles. The van der Waals surface area contributed by atoms with Crippen LogP contribution in [0.3, 0.4) is 0 Å². The van der Waals surface area contributed by atoms with E-state index in [4.69, 9.17) is 4.74 Å². The summed E-state index contributed by atoms with van der Waals surface area (Å²) < 4.78 is 5.89. The zero-order chi connectivity index (χ0) is 22.4. The van der Waals surface area contributed by atoms with Gasteiger partial charge in [0.25, 0.3) is 5.91 Å². The van der Waals surface area contributed by atoms with E-state index in [1.807, 2.05) is 71.9 Å². The van der Waals surface area contributed by atoms with Crippen LogP contribution in [0.15, 0.2) is 36.4 Å². The molecule has 0 heterocycles. The quantitative estimate of drug-likeness (QED) is 0.708. The molecule has 0 aliphatic rings. The van der Waals surface area contributed by atoms with Crippen molar-refractivity contribution in [1.82, 2.24) is 10.2 Å². The number of amides is 2. The Bertz CT molecular complexity index is 888. The van der Waals surface area contributed by atoms with Crippen LogP contribution >= 0.6 is 0 Å². The zero-order valence-electron chi connectivity index (χ0n) is 19.2. The number of aryl methyl sites for hydroxylation is 3. The maximum absolute atomic E-state index is 13.1. The molecule has 2 aromatic rings. The van der Waals surface area contributed by atoms with Crippen molar-refractivity contribution in [2.45, 2.75) is 67.1 Å². The first kappa shape index (κ1) is 23.5. The molecule has 2 rings (SSSR count). The lowest BCUT2D eigenvalue weighted by molar-refractivity contribution is -0.142. The number of benzene rings is 2. The molecule has 30 heavy (non-hydrogen) atoms. The van der Waals surface area contributed by atoms with E-state index in [9.17, 15) is 9.59 Å². The van der Waals surface area contributed by atoms with Crippen molar-refractivity contribution in [2.24, 2.45) is 0 Å². The van der Waals surface area contributed by atoms with Crippen LogP contribution in [-0.2, 0) is 16.1 Å². The molecule has 2 aromatic carbocycles. The molecule has 0 fully saturated rings. The van der Waals surface area contributed by atoms with Gasteiger partial charge in [-0.05, 0) is 76.8 Å². The standard InChI is InChI=1S/C25H34N2O3/c1-16(2)26-25(29)21(7)27(14-22-10-8-17(3)9-11-22)24(28)15-30-23-13-18(4)12-19(5)20(23)6/h8-13,16,21H,14-15H2,1-7H3,(H,26,29)/t21-/m1/s1. The number of hydrogen-bond acceptors (Lipinski definition) is 3. The van der Waals surface area contributed by atoms with Crippen molar-refractivity contribution in [3.63, 3.8) is 0 Å². The van der Waals surface area contributed by atoms with E-state index in [1.165, 1.54) is 0 Å². The summed E-state index contributed by atoms with van der Waals surface area (Å²) in [6, 6.07) is 11.4. The summed E-state index contributed by atoms with van der Waals surface area (Å²) in [4.78, 5) is 27.3. The summed E-state index contributed by atoms with van der Waals surface area (Å²) in [6.07, 6.45) is 0. The van der Waals surface area contributed by atoms with E-state index in [2.05, 4.69) is 11.4 Å². The molecule has 0 aliphatic heterocycles. The second-order valence-electron chi connectivity index (χ2n) is 8.34. The molecule has 0 aliphatic carbocycles. The number of hydrogen-bond donors (Lipinski definition) is 1. The minimum Gasteiger partial charge on any atom is -0.483 e. The topological polar surface area (TPSA) is 58.6 Å². The van der Waals surface area contributed by atoms with Gasteiger partial charge < -0.3 is 15.0 Å². The highest BCUT2D eigenvalue weighted by Crippen LogP contribution is 2.23. The minimum atomic E-state index is -0.606. The molecule has 0 unspecified atom stereocenters. The monoisotopic (exact) mass is 410 g/mol. The third-order valence-corrected chi connectivity index (χ3v) is 5.19. The fourth-order valence-electron chi connectivity index (χ4n) is 3.25. The summed E-state index contributed by atoms with van der Waals surface area (Å²) in [7, 11) is 0. The maximum Gasteiger partial charge on any atom is 0.261 e. The molecule has 1 atom stereocenters. The molecule has 0 saturated carbocycles. The Hall–Kier alpha value is -2.82.